The lowest BCUT2D eigenvalue weighted by molar-refractivity contribution is -0.139. The van der Waals surface area contributed by atoms with Gasteiger partial charge in [0.25, 0.3) is 0 Å². The fourth-order valence-electron chi connectivity index (χ4n) is 3.77. The van der Waals surface area contributed by atoms with Crippen molar-refractivity contribution in [3.8, 4) is 0 Å². The second kappa shape index (κ2) is 4.50. The third-order valence-electron chi connectivity index (χ3n) is 4.97. The van der Waals surface area contributed by atoms with Gasteiger partial charge in [0.15, 0.2) is 0 Å². The second-order valence-electron chi connectivity index (χ2n) is 6.69. The van der Waals surface area contributed by atoms with Crippen molar-refractivity contribution in [2.75, 3.05) is 0 Å². The van der Waals surface area contributed by atoms with Crippen LogP contribution in [-0.2, 0) is 4.79 Å². The Balaban J connectivity index is 2.12. The van der Waals surface area contributed by atoms with Gasteiger partial charge in [0.1, 0.15) is 5.78 Å². The van der Waals surface area contributed by atoms with Gasteiger partial charge in [-0.15, -0.1) is 0 Å². The molecule has 2 unspecified atom stereocenters. The van der Waals surface area contributed by atoms with Crippen molar-refractivity contribution >= 4 is 5.78 Å². The number of ketones is 1. The maximum Gasteiger partial charge on any atom is 0.142 e. The minimum atomic E-state index is -0.0470. The summed E-state index contributed by atoms with van der Waals surface area (Å²) in [5, 5.41) is 0. The van der Waals surface area contributed by atoms with Crippen LogP contribution in [0.25, 0.3) is 0 Å². The minimum Gasteiger partial charge on any atom is -0.299 e. The van der Waals surface area contributed by atoms with Gasteiger partial charge in [-0.1, -0.05) is 40.0 Å². The molecule has 0 saturated heterocycles. The van der Waals surface area contributed by atoms with E-state index in [1.165, 1.54) is 38.5 Å². The molecular formula is C15H26O. The highest BCUT2D eigenvalue weighted by atomic mass is 16.1. The fraction of sp³-hybridized carbons (Fsp3) is 0.933. The van der Waals surface area contributed by atoms with E-state index in [4.69, 9.17) is 0 Å². The molecule has 2 fully saturated rings. The molecule has 2 rings (SSSR count). The van der Waals surface area contributed by atoms with E-state index in [1.54, 1.807) is 0 Å². The lowest BCUT2D eigenvalue weighted by Crippen LogP contribution is -2.43. The molecule has 0 radical (unpaired) electrons. The van der Waals surface area contributed by atoms with Gasteiger partial charge in [-0.3, -0.25) is 4.79 Å². The van der Waals surface area contributed by atoms with Crippen molar-refractivity contribution in [2.45, 2.75) is 65.7 Å². The van der Waals surface area contributed by atoms with Crippen molar-refractivity contribution < 1.29 is 4.79 Å². The van der Waals surface area contributed by atoms with Gasteiger partial charge < -0.3 is 0 Å². The average molecular weight is 222 g/mol. The summed E-state index contributed by atoms with van der Waals surface area (Å²) in [6, 6.07) is 0. The van der Waals surface area contributed by atoms with E-state index in [0.29, 0.717) is 23.5 Å². The van der Waals surface area contributed by atoms with E-state index < -0.39 is 0 Å². The SMILES string of the molecule is CC1CCC(C)(C)C(=O)C1C1CCCCC1. The molecule has 0 N–H and O–H groups in total. The van der Waals surface area contributed by atoms with E-state index in [1.807, 2.05) is 0 Å². The molecular weight excluding hydrogens is 196 g/mol. The van der Waals surface area contributed by atoms with Crippen LogP contribution in [0.2, 0.25) is 0 Å². The van der Waals surface area contributed by atoms with Crippen molar-refractivity contribution in [3.05, 3.63) is 0 Å². The van der Waals surface area contributed by atoms with E-state index in [9.17, 15) is 4.79 Å². The highest BCUT2D eigenvalue weighted by Gasteiger charge is 2.44. The molecule has 0 heterocycles. The zero-order valence-electron chi connectivity index (χ0n) is 11.1. The molecule has 2 aliphatic carbocycles. The molecule has 2 saturated carbocycles. The van der Waals surface area contributed by atoms with Crippen LogP contribution in [0.15, 0.2) is 0 Å². The summed E-state index contributed by atoms with van der Waals surface area (Å²) >= 11 is 0. The molecule has 0 aromatic carbocycles. The van der Waals surface area contributed by atoms with Crippen LogP contribution < -0.4 is 0 Å². The monoisotopic (exact) mass is 222 g/mol. The van der Waals surface area contributed by atoms with Crippen LogP contribution >= 0.6 is 0 Å². The van der Waals surface area contributed by atoms with Gasteiger partial charge in [0.2, 0.25) is 0 Å². The molecule has 16 heavy (non-hydrogen) atoms. The molecule has 0 spiro atoms. The Morgan fingerprint density at radius 1 is 1.06 bits per heavy atom. The molecule has 1 heteroatoms. The summed E-state index contributed by atoms with van der Waals surface area (Å²) < 4.78 is 0. The molecule has 92 valence electrons. The maximum atomic E-state index is 12.6. The van der Waals surface area contributed by atoms with Gasteiger partial charge in [-0.05, 0) is 37.5 Å². The zero-order valence-corrected chi connectivity index (χ0v) is 11.1. The van der Waals surface area contributed by atoms with Crippen LogP contribution in [-0.4, -0.2) is 5.78 Å². The number of hydrogen-bond acceptors (Lipinski definition) is 1. The zero-order chi connectivity index (χ0) is 11.8. The van der Waals surface area contributed by atoms with Gasteiger partial charge in [-0.25, -0.2) is 0 Å². The summed E-state index contributed by atoms with van der Waals surface area (Å²) in [6.07, 6.45) is 9.03. The second-order valence-corrected chi connectivity index (χ2v) is 6.69. The number of hydrogen-bond donors (Lipinski definition) is 0. The van der Waals surface area contributed by atoms with Gasteiger partial charge >= 0.3 is 0 Å². The molecule has 0 aliphatic heterocycles. The van der Waals surface area contributed by atoms with Crippen molar-refractivity contribution in [2.24, 2.45) is 23.2 Å². The Labute approximate surface area is 100.0 Å². The van der Waals surface area contributed by atoms with Crippen molar-refractivity contribution in [3.63, 3.8) is 0 Å². The van der Waals surface area contributed by atoms with Crippen molar-refractivity contribution in [1.29, 1.82) is 0 Å². The highest BCUT2D eigenvalue weighted by Crippen LogP contribution is 2.45. The molecule has 0 amide bonds. The summed E-state index contributed by atoms with van der Waals surface area (Å²) in [4.78, 5) is 12.6. The largest absolute Gasteiger partial charge is 0.299 e. The number of carbonyl (C=O) groups excluding carboxylic acids is 1. The number of Topliss-reactive ketones (excluding diaryl/α,β-unsaturated/α-hetero) is 1. The first-order valence-corrected chi connectivity index (χ1v) is 7.07. The summed E-state index contributed by atoms with van der Waals surface area (Å²) in [5.41, 5.74) is -0.0470. The topological polar surface area (TPSA) is 17.1 Å². The van der Waals surface area contributed by atoms with E-state index in [0.717, 1.165) is 6.42 Å². The summed E-state index contributed by atoms with van der Waals surface area (Å²) in [6.45, 7) is 6.60. The van der Waals surface area contributed by atoms with Crippen molar-refractivity contribution in [1.82, 2.24) is 0 Å². The minimum absolute atomic E-state index is 0.0470. The van der Waals surface area contributed by atoms with Crippen LogP contribution in [0.1, 0.15) is 65.7 Å². The molecule has 2 atom stereocenters. The summed E-state index contributed by atoms with van der Waals surface area (Å²) in [7, 11) is 0. The Kier molecular flexibility index (Phi) is 3.42. The fourth-order valence-corrected chi connectivity index (χ4v) is 3.77. The first-order chi connectivity index (χ1) is 7.52. The molecule has 1 nitrogen and oxygen atoms in total. The molecule has 2 aliphatic rings. The van der Waals surface area contributed by atoms with Gasteiger partial charge in [0.05, 0.1) is 0 Å². The van der Waals surface area contributed by atoms with E-state index in [2.05, 4.69) is 20.8 Å². The third kappa shape index (κ3) is 2.19. The Bertz CT molecular complexity index is 261. The maximum absolute atomic E-state index is 12.6. The highest BCUT2D eigenvalue weighted by molar-refractivity contribution is 5.87. The lowest BCUT2D eigenvalue weighted by Gasteiger charge is -2.42. The predicted octanol–water partition coefficient (Wildman–Crippen LogP) is 4.21. The normalized spacial score (nSPS) is 36.3. The summed E-state index contributed by atoms with van der Waals surface area (Å²) in [5.74, 6) is 2.28. The molecule has 0 aromatic rings. The average Bonchev–Trinajstić information content (AvgIpc) is 2.27. The Morgan fingerprint density at radius 3 is 2.31 bits per heavy atom. The molecule has 0 bridgehead atoms. The first kappa shape index (κ1) is 12.1. The van der Waals surface area contributed by atoms with E-state index in [-0.39, 0.29) is 5.41 Å². The van der Waals surface area contributed by atoms with Crippen LogP contribution in [0, 0.1) is 23.2 Å². The third-order valence-corrected chi connectivity index (χ3v) is 4.97. The smallest absolute Gasteiger partial charge is 0.142 e. The van der Waals surface area contributed by atoms with Crippen LogP contribution in [0.4, 0.5) is 0 Å². The predicted molar refractivity (Wildman–Crippen MR) is 67.3 cm³/mol. The Hall–Kier alpha value is -0.330. The van der Waals surface area contributed by atoms with Crippen LogP contribution in [0.3, 0.4) is 0 Å². The van der Waals surface area contributed by atoms with Gasteiger partial charge in [-0.2, -0.15) is 0 Å². The lowest BCUT2D eigenvalue weighted by atomic mass is 9.60. The van der Waals surface area contributed by atoms with Gasteiger partial charge in [0, 0.05) is 11.3 Å². The number of carbonyl (C=O) groups is 1. The van der Waals surface area contributed by atoms with Crippen LogP contribution in [0.5, 0.6) is 0 Å². The Morgan fingerprint density at radius 2 is 1.69 bits per heavy atom. The quantitative estimate of drug-likeness (QED) is 0.649. The number of rotatable bonds is 1. The molecule has 0 aromatic heterocycles. The van der Waals surface area contributed by atoms with E-state index >= 15 is 0 Å². The first-order valence-electron chi connectivity index (χ1n) is 7.07. The standard InChI is InChI=1S/C15H26O/c1-11-9-10-15(2,3)14(16)13(11)12-7-5-4-6-8-12/h11-13H,4-10H2,1-3H3.